The number of halogens is 2. The van der Waals surface area contributed by atoms with E-state index < -0.39 is 0 Å². The third kappa shape index (κ3) is 1.85. The average molecular weight is 251 g/mol. The van der Waals surface area contributed by atoms with Crippen LogP contribution in [0.1, 0.15) is 0 Å². The van der Waals surface area contributed by atoms with Gasteiger partial charge in [0.05, 0.1) is 0 Å². The monoisotopic (exact) mass is 250 g/mol. The molecule has 2 heteroatoms. The molecule has 0 fully saturated rings. The van der Waals surface area contributed by atoms with Crippen molar-refractivity contribution >= 4 is 15.9 Å². The van der Waals surface area contributed by atoms with Gasteiger partial charge in [-0.25, -0.2) is 4.39 Å². The number of rotatable bonds is 1. The molecule has 0 spiro atoms. The quantitative estimate of drug-likeness (QED) is 0.710. The Morgan fingerprint density at radius 1 is 0.857 bits per heavy atom. The number of benzene rings is 2. The Bertz CT molecular complexity index is 434. The Balaban J connectivity index is 2.50. The van der Waals surface area contributed by atoms with Gasteiger partial charge in [-0.2, -0.15) is 0 Å². The van der Waals surface area contributed by atoms with E-state index in [1.165, 1.54) is 12.1 Å². The summed E-state index contributed by atoms with van der Waals surface area (Å²) in [5, 5.41) is 0. The maximum absolute atomic E-state index is 12.7. The van der Waals surface area contributed by atoms with E-state index >= 15 is 0 Å². The first-order chi connectivity index (χ1) is 6.77. The van der Waals surface area contributed by atoms with E-state index in [1.54, 1.807) is 12.1 Å². The second-order valence-electron chi connectivity index (χ2n) is 2.99. The highest BCUT2D eigenvalue weighted by Crippen LogP contribution is 2.27. The maximum Gasteiger partial charge on any atom is 0.123 e. The van der Waals surface area contributed by atoms with Crippen LogP contribution in [0.3, 0.4) is 0 Å². The first-order valence-corrected chi connectivity index (χ1v) is 5.07. The lowest BCUT2D eigenvalue weighted by molar-refractivity contribution is 0.628. The van der Waals surface area contributed by atoms with Crippen molar-refractivity contribution in [1.82, 2.24) is 0 Å². The molecule has 0 radical (unpaired) electrons. The van der Waals surface area contributed by atoms with E-state index in [9.17, 15) is 4.39 Å². The van der Waals surface area contributed by atoms with Crippen LogP contribution in [0.4, 0.5) is 4.39 Å². The molecular weight excluding hydrogens is 243 g/mol. The van der Waals surface area contributed by atoms with Crippen molar-refractivity contribution in [2.75, 3.05) is 0 Å². The molecule has 2 rings (SSSR count). The van der Waals surface area contributed by atoms with Crippen LogP contribution in [-0.4, -0.2) is 0 Å². The summed E-state index contributed by atoms with van der Waals surface area (Å²) in [4.78, 5) is 0. The molecule has 0 aliphatic carbocycles. The largest absolute Gasteiger partial charge is 0.207 e. The summed E-state index contributed by atoms with van der Waals surface area (Å²) in [6.07, 6.45) is 0. The van der Waals surface area contributed by atoms with E-state index in [2.05, 4.69) is 15.9 Å². The Kier molecular flexibility index (Phi) is 2.64. The fraction of sp³-hybridized carbons (Fsp3) is 0. The van der Waals surface area contributed by atoms with Crippen LogP contribution in [0, 0.1) is 5.82 Å². The molecule has 0 heterocycles. The van der Waals surface area contributed by atoms with Crippen LogP contribution in [0.2, 0.25) is 0 Å². The zero-order valence-electron chi connectivity index (χ0n) is 7.37. The van der Waals surface area contributed by atoms with Gasteiger partial charge in [0.15, 0.2) is 0 Å². The van der Waals surface area contributed by atoms with Crippen LogP contribution in [0.15, 0.2) is 53.0 Å². The highest BCUT2D eigenvalue weighted by Gasteiger charge is 2.01. The zero-order valence-corrected chi connectivity index (χ0v) is 8.96. The van der Waals surface area contributed by atoms with Gasteiger partial charge < -0.3 is 0 Å². The van der Waals surface area contributed by atoms with Crippen molar-refractivity contribution in [1.29, 1.82) is 0 Å². The van der Waals surface area contributed by atoms with Gasteiger partial charge in [-0.15, -0.1) is 0 Å². The molecule has 0 aliphatic rings. The fourth-order valence-electron chi connectivity index (χ4n) is 1.32. The summed E-state index contributed by atoms with van der Waals surface area (Å²) >= 11 is 3.46. The number of hydrogen-bond donors (Lipinski definition) is 0. The second-order valence-corrected chi connectivity index (χ2v) is 3.84. The zero-order chi connectivity index (χ0) is 9.97. The van der Waals surface area contributed by atoms with Crippen LogP contribution in [0.25, 0.3) is 11.1 Å². The summed E-state index contributed by atoms with van der Waals surface area (Å²) in [6, 6.07) is 14.4. The third-order valence-electron chi connectivity index (χ3n) is 2.03. The van der Waals surface area contributed by atoms with Gasteiger partial charge in [-0.1, -0.05) is 46.3 Å². The SMILES string of the molecule is Fc1ccc(-c2ccccc2Br)cc1. The lowest BCUT2D eigenvalue weighted by Crippen LogP contribution is -1.79. The molecule has 0 N–H and O–H groups in total. The molecule has 0 saturated carbocycles. The first kappa shape index (κ1) is 9.41. The molecule has 0 bridgehead atoms. The molecule has 0 saturated heterocycles. The smallest absolute Gasteiger partial charge is 0.123 e. The summed E-state index contributed by atoms with van der Waals surface area (Å²) in [5.41, 5.74) is 2.09. The molecule has 2 aromatic rings. The third-order valence-corrected chi connectivity index (χ3v) is 2.72. The molecule has 0 nitrogen and oxygen atoms in total. The minimum Gasteiger partial charge on any atom is -0.207 e. The molecule has 0 amide bonds. The Labute approximate surface area is 90.5 Å². The predicted octanol–water partition coefficient (Wildman–Crippen LogP) is 4.26. The number of hydrogen-bond acceptors (Lipinski definition) is 0. The van der Waals surface area contributed by atoms with Gasteiger partial charge in [0, 0.05) is 4.47 Å². The molecule has 0 atom stereocenters. The molecule has 14 heavy (non-hydrogen) atoms. The highest BCUT2D eigenvalue weighted by molar-refractivity contribution is 9.10. The second kappa shape index (κ2) is 3.93. The standard InChI is InChI=1S/C12H8BrF/c13-12-4-2-1-3-11(12)9-5-7-10(14)8-6-9/h1-8H. The lowest BCUT2D eigenvalue weighted by atomic mass is 10.1. The predicted molar refractivity (Wildman–Crippen MR) is 59.5 cm³/mol. The van der Waals surface area contributed by atoms with Crippen LogP contribution >= 0.6 is 15.9 Å². The van der Waals surface area contributed by atoms with Crippen LogP contribution in [-0.2, 0) is 0 Å². The van der Waals surface area contributed by atoms with E-state index in [1.807, 2.05) is 24.3 Å². The van der Waals surface area contributed by atoms with Gasteiger partial charge in [0.2, 0.25) is 0 Å². The Morgan fingerprint density at radius 3 is 2.14 bits per heavy atom. The van der Waals surface area contributed by atoms with E-state index in [0.717, 1.165) is 15.6 Å². The van der Waals surface area contributed by atoms with Crippen LogP contribution < -0.4 is 0 Å². The normalized spacial score (nSPS) is 10.1. The minimum atomic E-state index is -0.208. The van der Waals surface area contributed by atoms with Crippen molar-refractivity contribution in [3.05, 3.63) is 58.8 Å². The van der Waals surface area contributed by atoms with Crippen molar-refractivity contribution in [2.45, 2.75) is 0 Å². The summed E-state index contributed by atoms with van der Waals surface area (Å²) in [7, 11) is 0. The van der Waals surface area contributed by atoms with Crippen molar-refractivity contribution < 1.29 is 4.39 Å². The van der Waals surface area contributed by atoms with Crippen molar-refractivity contribution in [3.63, 3.8) is 0 Å². The molecule has 0 aliphatic heterocycles. The van der Waals surface area contributed by atoms with E-state index in [0.29, 0.717) is 0 Å². The Hall–Kier alpha value is -1.15. The fourth-order valence-corrected chi connectivity index (χ4v) is 1.84. The molecule has 0 aromatic heterocycles. The summed E-state index contributed by atoms with van der Waals surface area (Å²) < 4.78 is 13.7. The molecular formula is C12H8BrF. The lowest BCUT2D eigenvalue weighted by Gasteiger charge is -2.03. The van der Waals surface area contributed by atoms with Gasteiger partial charge in [0.25, 0.3) is 0 Å². The van der Waals surface area contributed by atoms with Crippen LogP contribution in [0.5, 0.6) is 0 Å². The van der Waals surface area contributed by atoms with Gasteiger partial charge in [0.1, 0.15) is 5.82 Å². The van der Waals surface area contributed by atoms with Gasteiger partial charge >= 0.3 is 0 Å². The summed E-state index contributed by atoms with van der Waals surface area (Å²) in [5.74, 6) is -0.208. The van der Waals surface area contributed by atoms with E-state index in [4.69, 9.17) is 0 Å². The van der Waals surface area contributed by atoms with Gasteiger partial charge in [-0.3, -0.25) is 0 Å². The van der Waals surface area contributed by atoms with Crippen molar-refractivity contribution in [3.8, 4) is 11.1 Å². The average Bonchev–Trinajstić information content (AvgIpc) is 2.20. The molecule has 70 valence electrons. The Morgan fingerprint density at radius 2 is 1.50 bits per heavy atom. The first-order valence-electron chi connectivity index (χ1n) is 4.28. The molecule has 2 aromatic carbocycles. The summed E-state index contributed by atoms with van der Waals surface area (Å²) in [6.45, 7) is 0. The topological polar surface area (TPSA) is 0 Å². The van der Waals surface area contributed by atoms with Crippen molar-refractivity contribution in [2.24, 2.45) is 0 Å². The molecule has 0 unspecified atom stereocenters. The highest BCUT2D eigenvalue weighted by atomic mass is 79.9. The van der Waals surface area contributed by atoms with Gasteiger partial charge in [-0.05, 0) is 29.3 Å². The maximum atomic E-state index is 12.7. The minimum absolute atomic E-state index is 0.208. The van der Waals surface area contributed by atoms with E-state index in [-0.39, 0.29) is 5.82 Å².